The Balaban J connectivity index is 1.70. The van der Waals surface area contributed by atoms with Crippen LogP contribution in [-0.2, 0) is 19.7 Å². The number of piperidine rings is 1. The molecule has 1 aliphatic heterocycles. The molecule has 0 bridgehead atoms. The summed E-state index contributed by atoms with van der Waals surface area (Å²) in [4.78, 5) is 27.4. The zero-order valence-corrected chi connectivity index (χ0v) is 15.7. The maximum absolute atomic E-state index is 13.7. The summed E-state index contributed by atoms with van der Waals surface area (Å²) in [5.41, 5.74) is -0.159. The molecule has 3 rings (SSSR count). The Hall–Kier alpha value is -1.91. The van der Waals surface area contributed by atoms with Crippen LogP contribution in [0.1, 0.15) is 64.4 Å². The number of hydrogen-bond donors (Lipinski definition) is 0. The minimum absolute atomic E-state index is 0.134. The van der Waals surface area contributed by atoms with Gasteiger partial charge < -0.3 is 9.64 Å². The Morgan fingerprint density at radius 2 is 1.81 bits per heavy atom. The molecule has 1 aromatic carbocycles. The number of rotatable bonds is 4. The zero-order valence-electron chi connectivity index (χ0n) is 15.7. The summed E-state index contributed by atoms with van der Waals surface area (Å²) in [5, 5.41) is 0. The quantitative estimate of drug-likeness (QED) is 0.763. The lowest BCUT2D eigenvalue weighted by molar-refractivity contribution is -0.159. The smallest absolute Gasteiger partial charge is 0.317 e. The fourth-order valence-electron chi connectivity index (χ4n) is 4.63. The van der Waals surface area contributed by atoms with Gasteiger partial charge in [-0.2, -0.15) is 0 Å². The number of nitrogens with zero attached hydrogens (tertiary/aromatic N) is 1. The number of ether oxygens (including phenoxy) is 1. The molecule has 5 heteroatoms. The average Bonchev–Trinajstić information content (AvgIpc) is 3.10. The van der Waals surface area contributed by atoms with Crippen LogP contribution in [-0.4, -0.2) is 35.5 Å². The standard InChI is InChI=1S/C21H28FNO3/c1-15-7-5-8-16(2)23(15)19(24)14-26-20(25)21(11-3-4-12-21)17-9-6-10-18(22)13-17/h6,9-10,13,15-16H,3-5,7-8,11-12,14H2,1-2H3/t15-,16-/m0/s1. The second kappa shape index (κ2) is 7.77. The van der Waals surface area contributed by atoms with Crippen molar-refractivity contribution in [1.82, 2.24) is 4.90 Å². The maximum Gasteiger partial charge on any atom is 0.317 e. The molecule has 1 aliphatic carbocycles. The largest absolute Gasteiger partial charge is 0.455 e. The van der Waals surface area contributed by atoms with Gasteiger partial charge in [0.15, 0.2) is 6.61 Å². The molecule has 142 valence electrons. The molecular formula is C21H28FNO3. The van der Waals surface area contributed by atoms with E-state index in [9.17, 15) is 14.0 Å². The highest BCUT2D eigenvalue weighted by Crippen LogP contribution is 2.42. The summed E-state index contributed by atoms with van der Waals surface area (Å²) in [5.74, 6) is -0.884. The predicted octanol–water partition coefficient (Wildman–Crippen LogP) is 3.97. The van der Waals surface area contributed by atoms with Gasteiger partial charge in [-0.15, -0.1) is 0 Å². The molecule has 1 saturated heterocycles. The summed E-state index contributed by atoms with van der Waals surface area (Å²) in [6.07, 6.45) is 6.17. The van der Waals surface area contributed by atoms with Crippen LogP contribution < -0.4 is 0 Å². The Morgan fingerprint density at radius 1 is 1.15 bits per heavy atom. The van der Waals surface area contributed by atoms with Gasteiger partial charge in [0.2, 0.25) is 0 Å². The van der Waals surface area contributed by atoms with E-state index in [1.54, 1.807) is 12.1 Å². The van der Waals surface area contributed by atoms with Gasteiger partial charge in [0, 0.05) is 12.1 Å². The van der Waals surface area contributed by atoms with Crippen molar-refractivity contribution < 1.29 is 18.7 Å². The molecule has 0 N–H and O–H groups in total. The van der Waals surface area contributed by atoms with Crippen molar-refractivity contribution >= 4 is 11.9 Å². The van der Waals surface area contributed by atoms with Crippen LogP contribution in [0, 0.1) is 5.82 Å². The third kappa shape index (κ3) is 3.62. The molecule has 2 fully saturated rings. The van der Waals surface area contributed by atoms with E-state index < -0.39 is 11.4 Å². The van der Waals surface area contributed by atoms with E-state index in [1.807, 2.05) is 18.7 Å². The number of carbonyl (C=O) groups is 2. The van der Waals surface area contributed by atoms with Crippen molar-refractivity contribution in [3.8, 4) is 0 Å². The van der Waals surface area contributed by atoms with Gasteiger partial charge in [-0.05, 0) is 63.6 Å². The van der Waals surface area contributed by atoms with Gasteiger partial charge >= 0.3 is 5.97 Å². The molecule has 0 radical (unpaired) electrons. The van der Waals surface area contributed by atoms with E-state index in [0.717, 1.165) is 32.1 Å². The van der Waals surface area contributed by atoms with E-state index in [1.165, 1.54) is 12.1 Å². The van der Waals surface area contributed by atoms with E-state index in [4.69, 9.17) is 4.74 Å². The molecule has 0 unspecified atom stereocenters. The fraction of sp³-hybridized carbons (Fsp3) is 0.619. The first-order chi connectivity index (χ1) is 12.4. The topological polar surface area (TPSA) is 46.6 Å². The Bertz CT molecular complexity index is 659. The lowest BCUT2D eigenvalue weighted by Crippen LogP contribution is -2.49. The first-order valence-corrected chi connectivity index (χ1v) is 9.68. The molecule has 1 aromatic rings. The van der Waals surface area contributed by atoms with Crippen molar-refractivity contribution in [2.45, 2.75) is 76.3 Å². The van der Waals surface area contributed by atoms with Gasteiger partial charge in [0.25, 0.3) is 5.91 Å². The molecular weight excluding hydrogens is 333 g/mol. The van der Waals surface area contributed by atoms with Crippen molar-refractivity contribution in [3.05, 3.63) is 35.6 Å². The molecule has 1 saturated carbocycles. The van der Waals surface area contributed by atoms with Gasteiger partial charge in [-0.1, -0.05) is 25.0 Å². The summed E-state index contributed by atoms with van der Waals surface area (Å²) < 4.78 is 19.2. The minimum Gasteiger partial charge on any atom is -0.455 e. The summed E-state index contributed by atoms with van der Waals surface area (Å²) in [6.45, 7) is 3.85. The van der Waals surface area contributed by atoms with Crippen molar-refractivity contribution in [1.29, 1.82) is 0 Å². The minimum atomic E-state index is -0.818. The fourth-order valence-corrected chi connectivity index (χ4v) is 4.63. The summed E-state index contributed by atoms with van der Waals surface area (Å²) >= 11 is 0. The van der Waals surface area contributed by atoms with Gasteiger partial charge in [-0.3, -0.25) is 9.59 Å². The Kier molecular flexibility index (Phi) is 5.64. The highest BCUT2D eigenvalue weighted by atomic mass is 19.1. The third-order valence-corrected chi connectivity index (χ3v) is 6.03. The zero-order chi connectivity index (χ0) is 18.7. The first-order valence-electron chi connectivity index (χ1n) is 9.68. The number of hydrogen-bond acceptors (Lipinski definition) is 3. The molecule has 1 amide bonds. The van der Waals surface area contributed by atoms with Crippen LogP contribution in [0.15, 0.2) is 24.3 Å². The Morgan fingerprint density at radius 3 is 2.42 bits per heavy atom. The number of benzene rings is 1. The maximum atomic E-state index is 13.7. The van der Waals surface area contributed by atoms with E-state index >= 15 is 0 Å². The van der Waals surface area contributed by atoms with Crippen LogP contribution >= 0.6 is 0 Å². The number of esters is 1. The highest BCUT2D eigenvalue weighted by Gasteiger charge is 2.44. The van der Waals surface area contributed by atoms with Crippen molar-refractivity contribution in [2.24, 2.45) is 0 Å². The van der Waals surface area contributed by atoms with Crippen LogP contribution in [0.3, 0.4) is 0 Å². The molecule has 1 heterocycles. The number of carbonyl (C=O) groups excluding carboxylic acids is 2. The predicted molar refractivity (Wildman–Crippen MR) is 97.1 cm³/mol. The summed E-state index contributed by atoms with van der Waals surface area (Å²) in [6, 6.07) is 6.55. The monoisotopic (exact) mass is 361 g/mol. The SMILES string of the molecule is C[C@H]1CCC[C@H](C)N1C(=O)COC(=O)C1(c2cccc(F)c2)CCCC1. The van der Waals surface area contributed by atoms with E-state index in [-0.39, 0.29) is 30.4 Å². The highest BCUT2D eigenvalue weighted by molar-refractivity contribution is 5.87. The van der Waals surface area contributed by atoms with Crippen LogP contribution in [0.2, 0.25) is 0 Å². The second-order valence-corrected chi connectivity index (χ2v) is 7.81. The molecule has 2 aliphatic rings. The molecule has 0 spiro atoms. The van der Waals surface area contributed by atoms with Gasteiger partial charge in [0.05, 0.1) is 5.41 Å². The molecule has 0 aromatic heterocycles. The van der Waals surface area contributed by atoms with Crippen LogP contribution in [0.25, 0.3) is 0 Å². The van der Waals surface area contributed by atoms with E-state index in [0.29, 0.717) is 18.4 Å². The average molecular weight is 361 g/mol. The third-order valence-electron chi connectivity index (χ3n) is 6.03. The number of amides is 1. The molecule has 4 nitrogen and oxygen atoms in total. The number of likely N-dealkylation sites (tertiary alicyclic amines) is 1. The second-order valence-electron chi connectivity index (χ2n) is 7.81. The first kappa shape index (κ1) is 18.9. The molecule has 2 atom stereocenters. The van der Waals surface area contributed by atoms with Gasteiger partial charge in [0.1, 0.15) is 5.82 Å². The lowest BCUT2D eigenvalue weighted by atomic mass is 9.79. The van der Waals surface area contributed by atoms with Gasteiger partial charge in [-0.25, -0.2) is 4.39 Å². The molecule has 26 heavy (non-hydrogen) atoms. The number of halogens is 1. The lowest BCUT2D eigenvalue weighted by Gasteiger charge is -2.39. The normalized spacial score (nSPS) is 25.1. The van der Waals surface area contributed by atoms with Crippen molar-refractivity contribution in [3.63, 3.8) is 0 Å². The van der Waals surface area contributed by atoms with Crippen LogP contribution in [0.5, 0.6) is 0 Å². The van der Waals surface area contributed by atoms with Crippen molar-refractivity contribution in [2.75, 3.05) is 6.61 Å². The van der Waals surface area contributed by atoms with E-state index in [2.05, 4.69) is 0 Å². The van der Waals surface area contributed by atoms with Crippen LogP contribution in [0.4, 0.5) is 4.39 Å². The summed E-state index contributed by atoms with van der Waals surface area (Å²) in [7, 11) is 0. The Labute approximate surface area is 154 Å².